The number of amides is 1. The van der Waals surface area contributed by atoms with Crippen LogP contribution in [0.5, 0.6) is 5.75 Å². The van der Waals surface area contributed by atoms with E-state index in [2.05, 4.69) is 10.3 Å². The predicted octanol–water partition coefficient (Wildman–Crippen LogP) is 4.34. The number of methoxy groups -OCH3 is 1. The first-order chi connectivity index (χ1) is 12.2. The quantitative estimate of drug-likeness (QED) is 0.743. The molecule has 3 rings (SSSR count). The van der Waals surface area contributed by atoms with Gasteiger partial charge in [0.2, 0.25) is 0 Å². The van der Waals surface area contributed by atoms with Crippen molar-refractivity contribution in [3.8, 4) is 16.9 Å². The van der Waals surface area contributed by atoms with Gasteiger partial charge in [-0.2, -0.15) is 0 Å². The molecular weight excluding hydrogens is 336 g/mol. The molecule has 0 spiro atoms. The van der Waals surface area contributed by atoms with Gasteiger partial charge < -0.3 is 10.1 Å². The zero-order valence-corrected chi connectivity index (χ0v) is 14.5. The summed E-state index contributed by atoms with van der Waals surface area (Å²) in [4.78, 5) is 16.6. The van der Waals surface area contributed by atoms with Crippen LogP contribution < -0.4 is 10.1 Å². The summed E-state index contributed by atoms with van der Waals surface area (Å²) < 4.78 is 5.24. The molecule has 1 amide bonds. The molecule has 1 heterocycles. The van der Waals surface area contributed by atoms with Crippen molar-refractivity contribution in [1.82, 2.24) is 10.3 Å². The van der Waals surface area contributed by atoms with Crippen LogP contribution in [0, 0.1) is 0 Å². The van der Waals surface area contributed by atoms with Crippen LogP contribution in [0.2, 0.25) is 5.02 Å². The summed E-state index contributed by atoms with van der Waals surface area (Å²) in [5, 5.41) is 3.50. The fourth-order valence-corrected chi connectivity index (χ4v) is 2.65. The number of hydrogen-bond donors (Lipinski definition) is 1. The van der Waals surface area contributed by atoms with Crippen LogP contribution in [0.1, 0.15) is 15.9 Å². The highest BCUT2D eigenvalue weighted by molar-refractivity contribution is 6.31. The van der Waals surface area contributed by atoms with Crippen molar-refractivity contribution in [2.24, 2.45) is 0 Å². The van der Waals surface area contributed by atoms with Gasteiger partial charge in [-0.3, -0.25) is 9.78 Å². The van der Waals surface area contributed by atoms with Gasteiger partial charge in [-0.25, -0.2) is 0 Å². The van der Waals surface area contributed by atoms with Crippen LogP contribution in [0.15, 0.2) is 67.0 Å². The second-order valence-corrected chi connectivity index (χ2v) is 5.88. The van der Waals surface area contributed by atoms with Crippen molar-refractivity contribution in [3.05, 3.63) is 83.1 Å². The van der Waals surface area contributed by atoms with E-state index in [1.807, 2.05) is 48.5 Å². The molecule has 0 unspecified atom stereocenters. The second-order valence-electron chi connectivity index (χ2n) is 5.47. The SMILES string of the molecule is COc1cccc(-c2cncc(C(=O)NCc3ccccc3Cl)c2)c1. The predicted molar refractivity (Wildman–Crippen MR) is 98.8 cm³/mol. The average molecular weight is 353 g/mol. The van der Waals surface area contributed by atoms with E-state index in [0.717, 1.165) is 22.4 Å². The number of hydrogen-bond acceptors (Lipinski definition) is 3. The summed E-state index contributed by atoms with van der Waals surface area (Å²) in [6.07, 6.45) is 3.27. The minimum absolute atomic E-state index is 0.197. The molecule has 2 aromatic carbocycles. The number of rotatable bonds is 5. The lowest BCUT2D eigenvalue weighted by molar-refractivity contribution is 0.0950. The molecule has 4 nitrogen and oxygen atoms in total. The lowest BCUT2D eigenvalue weighted by Gasteiger charge is -2.09. The Kier molecular flexibility index (Phi) is 5.31. The number of aromatic nitrogens is 1. The zero-order chi connectivity index (χ0) is 17.6. The molecule has 0 aliphatic carbocycles. The van der Waals surface area contributed by atoms with Gasteiger partial charge in [0.25, 0.3) is 5.91 Å². The van der Waals surface area contributed by atoms with Gasteiger partial charge >= 0.3 is 0 Å². The molecule has 0 saturated heterocycles. The van der Waals surface area contributed by atoms with Gasteiger partial charge in [0, 0.05) is 29.5 Å². The summed E-state index contributed by atoms with van der Waals surface area (Å²) in [5.74, 6) is 0.559. The van der Waals surface area contributed by atoms with Gasteiger partial charge in [-0.15, -0.1) is 0 Å². The minimum Gasteiger partial charge on any atom is -0.497 e. The molecule has 126 valence electrons. The molecule has 0 fully saturated rings. The third-order valence-corrected chi connectivity index (χ3v) is 4.17. The van der Waals surface area contributed by atoms with Crippen LogP contribution in [0.4, 0.5) is 0 Å². The van der Waals surface area contributed by atoms with E-state index in [1.165, 1.54) is 0 Å². The molecule has 3 aromatic rings. The molecule has 1 aromatic heterocycles. The Labute approximate surface area is 151 Å². The van der Waals surface area contributed by atoms with Crippen molar-refractivity contribution < 1.29 is 9.53 Å². The smallest absolute Gasteiger partial charge is 0.253 e. The fraction of sp³-hybridized carbons (Fsp3) is 0.100. The standard InChI is InChI=1S/C20H17ClN2O2/c1-25-18-7-4-6-14(10-18)16-9-17(12-22-11-16)20(24)23-13-15-5-2-3-8-19(15)21/h2-12H,13H2,1H3,(H,23,24). The Balaban J connectivity index is 1.76. The van der Waals surface area contributed by atoms with E-state index in [-0.39, 0.29) is 5.91 Å². The molecule has 0 saturated carbocycles. The van der Waals surface area contributed by atoms with E-state index in [4.69, 9.17) is 16.3 Å². The van der Waals surface area contributed by atoms with Gasteiger partial charge in [0.05, 0.1) is 12.7 Å². The maximum atomic E-state index is 12.4. The first-order valence-electron chi connectivity index (χ1n) is 7.78. The molecule has 0 bridgehead atoms. The van der Waals surface area contributed by atoms with Gasteiger partial charge in [0.1, 0.15) is 5.75 Å². The molecule has 0 aliphatic rings. The van der Waals surface area contributed by atoms with Crippen LogP contribution >= 0.6 is 11.6 Å². The van der Waals surface area contributed by atoms with E-state index in [1.54, 1.807) is 25.6 Å². The maximum absolute atomic E-state index is 12.4. The Bertz CT molecular complexity index is 896. The lowest BCUT2D eigenvalue weighted by Crippen LogP contribution is -2.23. The fourth-order valence-electron chi connectivity index (χ4n) is 2.44. The van der Waals surface area contributed by atoms with Crippen LogP contribution in [-0.4, -0.2) is 18.0 Å². The lowest BCUT2D eigenvalue weighted by atomic mass is 10.1. The highest BCUT2D eigenvalue weighted by Gasteiger charge is 2.09. The molecule has 25 heavy (non-hydrogen) atoms. The van der Waals surface area contributed by atoms with Gasteiger partial charge in [-0.1, -0.05) is 41.9 Å². The number of nitrogens with zero attached hydrogens (tertiary/aromatic N) is 1. The van der Waals surface area contributed by atoms with Crippen LogP contribution in [0.3, 0.4) is 0 Å². The largest absolute Gasteiger partial charge is 0.497 e. The van der Waals surface area contributed by atoms with Gasteiger partial charge in [-0.05, 0) is 35.4 Å². The Hall–Kier alpha value is -2.85. The number of ether oxygens (including phenoxy) is 1. The molecule has 0 atom stereocenters. The van der Waals surface area contributed by atoms with Crippen molar-refractivity contribution in [3.63, 3.8) is 0 Å². The third kappa shape index (κ3) is 4.17. The van der Waals surface area contributed by atoms with E-state index in [0.29, 0.717) is 17.1 Å². The molecular formula is C20H17ClN2O2. The van der Waals surface area contributed by atoms with Crippen LogP contribution in [0.25, 0.3) is 11.1 Å². The third-order valence-electron chi connectivity index (χ3n) is 3.80. The molecule has 0 aliphatic heterocycles. The van der Waals surface area contributed by atoms with Crippen LogP contribution in [-0.2, 0) is 6.54 Å². The topological polar surface area (TPSA) is 51.2 Å². The highest BCUT2D eigenvalue weighted by Crippen LogP contribution is 2.24. The first-order valence-corrected chi connectivity index (χ1v) is 8.16. The minimum atomic E-state index is -0.197. The normalized spacial score (nSPS) is 10.3. The van der Waals surface area contributed by atoms with Gasteiger partial charge in [0.15, 0.2) is 0 Å². The second kappa shape index (κ2) is 7.81. The number of carbonyl (C=O) groups excluding carboxylic acids is 1. The summed E-state index contributed by atoms with van der Waals surface area (Å²) in [7, 11) is 1.62. The van der Waals surface area contributed by atoms with Crippen molar-refractivity contribution in [2.45, 2.75) is 6.54 Å². The Morgan fingerprint density at radius 2 is 1.92 bits per heavy atom. The Morgan fingerprint density at radius 3 is 2.72 bits per heavy atom. The summed E-state index contributed by atoms with van der Waals surface area (Å²) in [5.41, 5.74) is 3.15. The summed E-state index contributed by atoms with van der Waals surface area (Å²) >= 11 is 6.11. The highest BCUT2D eigenvalue weighted by atomic mass is 35.5. The summed E-state index contributed by atoms with van der Waals surface area (Å²) in [6.45, 7) is 0.363. The zero-order valence-electron chi connectivity index (χ0n) is 13.7. The number of benzene rings is 2. The monoisotopic (exact) mass is 352 g/mol. The van der Waals surface area contributed by atoms with E-state index < -0.39 is 0 Å². The Morgan fingerprint density at radius 1 is 1.08 bits per heavy atom. The maximum Gasteiger partial charge on any atom is 0.253 e. The molecule has 0 radical (unpaired) electrons. The van der Waals surface area contributed by atoms with Crippen molar-refractivity contribution in [2.75, 3.05) is 7.11 Å². The van der Waals surface area contributed by atoms with Crippen molar-refractivity contribution in [1.29, 1.82) is 0 Å². The van der Waals surface area contributed by atoms with E-state index in [9.17, 15) is 4.79 Å². The number of nitrogens with one attached hydrogen (secondary N) is 1. The summed E-state index contributed by atoms with van der Waals surface area (Å²) in [6, 6.07) is 16.9. The average Bonchev–Trinajstić information content (AvgIpc) is 2.67. The number of pyridine rings is 1. The molecule has 5 heteroatoms. The first kappa shape index (κ1) is 17.0. The number of carbonyl (C=O) groups is 1. The van der Waals surface area contributed by atoms with Crippen molar-refractivity contribution >= 4 is 17.5 Å². The number of halogens is 1. The van der Waals surface area contributed by atoms with E-state index >= 15 is 0 Å². The molecule has 1 N–H and O–H groups in total.